The quantitative estimate of drug-likeness (QED) is 0.520. The summed E-state index contributed by atoms with van der Waals surface area (Å²) < 4.78 is 19.5. The first-order valence-electron chi connectivity index (χ1n) is 6.64. The molecule has 0 amide bonds. The van der Waals surface area contributed by atoms with Gasteiger partial charge >= 0.3 is 0 Å². The molecule has 3 rings (SSSR count). The van der Waals surface area contributed by atoms with E-state index in [9.17, 15) is 14.5 Å². The Hall–Kier alpha value is -2.73. The third kappa shape index (κ3) is 2.93. The molecule has 0 aliphatic carbocycles. The number of nitro benzene ring substituents is 1. The van der Waals surface area contributed by atoms with Crippen molar-refractivity contribution in [1.29, 1.82) is 0 Å². The van der Waals surface area contributed by atoms with Crippen molar-refractivity contribution in [3.63, 3.8) is 0 Å². The average Bonchev–Trinajstić information content (AvgIpc) is 2.54. The molecule has 5 nitrogen and oxygen atoms in total. The molecule has 0 fully saturated rings. The minimum Gasteiger partial charge on any atom is -0.488 e. The Labute approximate surface area is 135 Å². The van der Waals surface area contributed by atoms with E-state index in [1.54, 1.807) is 30.6 Å². The number of halogens is 2. The molecule has 23 heavy (non-hydrogen) atoms. The van der Waals surface area contributed by atoms with Crippen molar-refractivity contribution < 1.29 is 14.1 Å². The largest absolute Gasteiger partial charge is 0.488 e. The number of pyridine rings is 1. The fourth-order valence-corrected chi connectivity index (χ4v) is 2.50. The van der Waals surface area contributed by atoms with Crippen LogP contribution in [0.5, 0.6) is 5.75 Å². The van der Waals surface area contributed by atoms with Crippen molar-refractivity contribution in [1.82, 2.24) is 4.98 Å². The highest BCUT2D eigenvalue weighted by Crippen LogP contribution is 2.32. The van der Waals surface area contributed by atoms with Crippen LogP contribution in [0.1, 0.15) is 5.56 Å². The Morgan fingerprint density at radius 1 is 1.26 bits per heavy atom. The predicted molar refractivity (Wildman–Crippen MR) is 84.1 cm³/mol. The smallest absolute Gasteiger partial charge is 0.288 e. The van der Waals surface area contributed by atoms with E-state index in [0.29, 0.717) is 5.75 Å². The zero-order chi connectivity index (χ0) is 16.4. The SMILES string of the molecule is O=[N+]([O-])c1ccc(F)c(COc2cccc3cnccc23)c1Cl. The van der Waals surface area contributed by atoms with Crippen LogP contribution in [0, 0.1) is 15.9 Å². The van der Waals surface area contributed by atoms with Gasteiger partial charge in [0.05, 0.1) is 10.5 Å². The van der Waals surface area contributed by atoms with Crippen LogP contribution in [0.4, 0.5) is 10.1 Å². The Morgan fingerprint density at radius 3 is 2.87 bits per heavy atom. The van der Waals surface area contributed by atoms with Gasteiger partial charge in [-0.2, -0.15) is 0 Å². The van der Waals surface area contributed by atoms with Crippen molar-refractivity contribution in [2.45, 2.75) is 6.61 Å². The molecular formula is C16H10ClFN2O3. The van der Waals surface area contributed by atoms with Gasteiger partial charge < -0.3 is 4.74 Å². The summed E-state index contributed by atoms with van der Waals surface area (Å²) in [7, 11) is 0. The molecule has 0 bridgehead atoms. The van der Waals surface area contributed by atoms with Crippen LogP contribution in [0.3, 0.4) is 0 Å². The Morgan fingerprint density at radius 2 is 2.09 bits per heavy atom. The second-order valence-electron chi connectivity index (χ2n) is 4.76. The Bertz CT molecular complexity index is 896. The standard InChI is InChI=1S/C16H10ClFN2O3/c17-16-12(13(18)4-5-14(16)20(21)22)9-23-15-3-1-2-10-8-19-7-6-11(10)15/h1-8H,9H2. The fraction of sp³-hybridized carbons (Fsp3) is 0.0625. The summed E-state index contributed by atoms with van der Waals surface area (Å²) in [5.41, 5.74) is -0.402. The van der Waals surface area contributed by atoms with Gasteiger partial charge in [0, 0.05) is 29.2 Å². The zero-order valence-corrected chi connectivity index (χ0v) is 12.5. The predicted octanol–water partition coefficient (Wildman–Crippen LogP) is 4.51. The average molecular weight is 333 g/mol. The van der Waals surface area contributed by atoms with E-state index >= 15 is 0 Å². The van der Waals surface area contributed by atoms with Crippen molar-refractivity contribution in [3.05, 3.63) is 75.3 Å². The molecule has 116 valence electrons. The molecule has 7 heteroatoms. The first-order valence-corrected chi connectivity index (χ1v) is 7.02. The van der Waals surface area contributed by atoms with Gasteiger partial charge in [-0.1, -0.05) is 23.7 Å². The molecule has 0 N–H and O–H groups in total. The molecule has 0 aliphatic heterocycles. The van der Waals surface area contributed by atoms with Crippen molar-refractivity contribution in [3.8, 4) is 5.75 Å². The molecule has 0 radical (unpaired) electrons. The lowest BCUT2D eigenvalue weighted by Crippen LogP contribution is -2.02. The molecule has 3 aromatic rings. The van der Waals surface area contributed by atoms with E-state index < -0.39 is 10.7 Å². The lowest BCUT2D eigenvalue weighted by atomic mass is 10.1. The molecule has 0 unspecified atom stereocenters. The van der Waals surface area contributed by atoms with Crippen molar-refractivity contribution >= 4 is 28.1 Å². The van der Waals surface area contributed by atoms with E-state index in [4.69, 9.17) is 16.3 Å². The van der Waals surface area contributed by atoms with E-state index in [-0.39, 0.29) is 22.9 Å². The minimum absolute atomic E-state index is 0.0491. The summed E-state index contributed by atoms with van der Waals surface area (Å²) in [6.07, 6.45) is 3.30. The number of hydrogen-bond acceptors (Lipinski definition) is 4. The maximum atomic E-state index is 13.9. The number of benzene rings is 2. The second-order valence-corrected chi connectivity index (χ2v) is 5.14. The van der Waals surface area contributed by atoms with Gasteiger partial charge in [0.15, 0.2) is 0 Å². The number of nitro groups is 1. The highest BCUT2D eigenvalue weighted by molar-refractivity contribution is 6.33. The zero-order valence-electron chi connectivity index (χ0n) is 11.7. The number of rotatable bonds is 4. The Balaban J connectivity index is 1.94. The van der Waals surface area contributed by atoms with Gasteiger partial charge in [0.2, 0.25) is 0 Å². The number of hydrogen-bond donors (Lipinski definition) is 0. The topological polar surface area (TPSA) is 65.3 Å². The van der Waals surface area contributed by atoms with Crippen molar-refractivity contribution in [2.24, 2.45) is 0 Å². The minimum atomic E-state index is -0.658. The van der Waals surface area contributed by atoms with Crippen LogP contribution >= 0.6 is 11.6 Å². The first kappa shape index (κ1) is 15.2. The molecule has 0 spiro atoms. The van der Waals surface area contributed by atoms with Crippen LogP contribution in [-0.2, 0) is 6.61 Å². The van der Waals surface area contributed by atoms with Gasteiger partial charge in [0.1, 0.15) is 23.2 Å². The molecule has 0 atom stereocenters. The normalized spacial score (nSPS) is 10.7. The monoisotopic (exact) mass is 332 g/mol. The van der Waals surface area contributed by atoms with E-state index in [1.165, 1.54) is 0 Å². The molecule has 0 aliphatic rings. The highest BCUT2D eigenvalue weighted by atomic mass is 35.5. The summed E-state index contributed by atoms with van der Waals surface area (Å²) in [6, 6.07) is 9.20. The first-order chi connectivity index (χ1) is 11.1. The van der Waals surface area contributed by atoms with E-state index in [1.807, 2.05) is 6.07 Å². The summed E-state index contributed by atoms with van der Waals surface area (Å²) >= 11 is 5.92. The Kier molecular flexibility index (Phi) is 4.08. The third-order valence-electron chi connectivity index (χ3n) is 3.38. The lowest BCUT2D eigenvalue weighted by molar-refractivity contribution is -0.384. The van der Waals surface area contributed by atoms with E-state index in [0.717, 1.165) is 22.9 Å². The number of ether oxygens (including phenoxy) is 1. The van der Waals surface area contributed by atoms with Gasteiger partial charge in [0.25, 0.3) is 5.69 Å². The second kappa shape index (κ2) is 6.18. The van der Waals surface area contributed by atoms with Gasteiger partial charge in [-0.05, 0) is 18.2 Å². The van der Waals surface area contributed by atoms with E-state index in [2.05, 4.69) is 4.98 Å². The highest BCUT2D eigenvalue weighted by Gasteiger charge is 2.20. The lowest BCUT2D eigenvalue weighted by Gasteiger charge is -2.11. The summed E-state index contributed by atoms with van der Waals surface area (Å²) in [5, 5.41) is 12.3. The molecule has 0 saturated carbocycles. The van der Waals surface area contributed by atoms with Crippen LogP contribution in [0.25, 0.3) is 10.8 Å². The molecular weight excluding hydrogens is 323 g/mol. The van der Waals surface area contributed by atoms with Crippen LogP contribution in [0.2, 0.25) is 5.02 Å². The summed E-state index contributed by atoms with van der Waals surface area (Å²) in [5.74, 6) is -0.130. The summed E-state index contributed by atoms with van der Waals surface area (Å²) in [4.78, 5) is 14.2. The third-order valence-corrected chi connectivity index (χ3v) is 3.80. The maximum Gasteiger partial charge on any atom is 0.288 e. The van der Waals surface area contributed by atoms with Crippen molar-refractivity contribution in [2.75, 3.05) is 0 Å². The molecule has 1 heterocycles. The molecule has 1 aromatic heterocycles. The maximum absolute atomic E-state index is 13.9. The van der Waals surface area contributed by atoms with Gasteiger partial charge in [-0.25, -0.2) is 4.39 Å². The number of nitrogens with zero attached hydrogens (tertiary/aromatic N) is 2. The van der Waals surface area contributed by atoms with Crippen LogP contribution in [0.15, 0.2) is 48.8 Å². The van der Waals surface area contributed by atoms with Gasteiger partial charge in [-0.15, -0.1) is 0 Å². The summed E-state index contributed by atoms with van der Waals surface area (Å²) in [6.45, 7) is -0.215. The van der Waals surface area contributed by atoms with Crippen LogP contribution in [-0.4, -0.2) is 9.91 Å². The van der Waals surface area contributed by atoms with Crippen LogP contribution < -0.4 is 4.74 Å². The molecule has 2 aromatic carbocycles. The van der Waals surface area contributed by atoms with Gasteiger partial charge in [-0.3, -0.25) is 15.1 Å². The molecule has 0 saturated heterocycles. The fourth-order valence-electron chi connectivity index (χ4n) is 2.23. The number of fused-ring (bicyclic) bond motifs is 1. The number of aromatic nitrogens is 1.